The Morgan fingerprint density at radius 2 is 1.77 bits per heavy atom. The zero-order chi connectivity index (χ0) is 22.2. The molecule has 1 aromatic rings. The number of rotatable bonds is 6. The normalized spacial score (nSPS) is 28.3. The van der Waals surface area contributed by atoms with Gasteiger partial charge in [-0.25, -0.2) is 0 Å². The highest BCUT2D eigenvalue weighted by Crippen LogP contribution is 2.39. The van der Waals surface area contributed by atoms with Gasteiger partial charge in [-0.3, -0.25) is 9.69 Å². The summed E-state index contributed by atoms with van der Waals surface area (Å²) in [5.41, 5.74) is -0.949. The lowest BCUT2D eigenvalue weighted by molar-refractivity contribution is -0.135. The number of piperidine rings is 1. The molecular weight excluding hydrogens is 410 g/mol. The van der Waals surface area contributed by atoms with Crippen LogP contribution in [0.4, 0.5) is 0 Å². The van der Waals surface area contributed by atoms with Crippen molar-refractivity contribution in [2.75, 3.05) is 0 Å². The average Bonchev–Trinajstić information content (AvgIpc) is 2.99. The summed E-state index contributed by atoms with van der Waals surface area (Å²) < 4.78 is 5.98. The van der Waals surface area contributed by atoms with E-state index < -0.39 is 5.60 Å². The van der Waals surface area contributed by atoms with Gasteiger partial charge in [0.2, 0.25) is 0 Å². The Bertz CT molecular complexity index is 835. The minimum absolute atomic E-state index is 0.0652. The Balaban J connectivity index is 1.38. The van der Waals surface area contributed by atoms with E-state index in [0.29, 0.717) is 35.1 Å². The van der Waals surface area contributed by atoms with Crippen LogP contribution >= 0.6 is 11.6 Å². The molecule has 0 radical (unpaired) electrons. The molecule has 3 unspecified atom stereocenters. The predicted molar refractivity (Wildman–Crippen MR) is 125 cm³/mol. The molecule has 1 aromatic carbocycles. The molecule has 3 atom stereocenters. The van der Waals surface area contributed by atoms with Crippen LogP contribution in [0.1, 0.15) is 53.4 Å². The number of benzene rings is 1. The zero-order valence-corrected chi connectivity index (χ0v) is 19.7. The summed E-state index contributed by atoms with van der Waals surface area (Å²) in [6.45, 7) is 8.13. The number of hydrogen-bond donors (Lipinski definition) is 1. The number of nitrogens with one attached hydrogen (secondary N) is 1. The summed E-state index contributed by atoms with van der Waals surface area (Å²) >= 11 is 5.95. The number of halogens is 1. The Kier molecular flexibility index (Phi) is 6.36. The smallest absolute Gasteiger partial charge is 0.263 e. The maximum Gasteiger partial charge on any atom is 0.263 e. The van der Waals surface area contributed by atoms with Gasteiger partial charge in [0.15, 0.2) is 5.60 Å². The van der Waals surface area contributed by atoms with Crippen LogP contribution in [0.3, 0.4) is 0 Å². The molecule has 6 heteroatoms. The van der Waals surface area contributed by atoms with Gasteiger partial charge < -0.3 is 15.0 Å². The first-order chi connectivity index (χ1) is 14.7. The van der Waals surface area contributed by atoms with Crippen molar-refractivity contribution in [2.45, 2.75) is 89.3 Å². The van der Waals surface area contributed by atoms with E-state index in [9.17, 15) is 4.79 Å². The van der Waals surface area contributed by atoms with Crippen LogP contribution < -0.4 is 10.1 Å². The van der Waals surface area contributed by atoms with Crippen molar-refractivity contribution in [3.8, 4) is 5.75 Å². The van der Waals surface area contributed by atoms with Crippen molar-refractivity contribution in [1.82, 2.24) is 15.1 Å². The van der Waals surface area contributed by atoms with E-state index in [4.69, 9.17) is 16.3 Å². The number of carbonyl (C=O) groups excluding carboxylic acids is 1. The molecule has 0 saturated carbocycles. The van der Waals surface area contributed by atoms with Crippen LogP contribution in [0, 0.1) is 0 Å². The second kappa shape index (κ2) is 8.87. The fourth-order valence-corrected chi connectivity index (χ4v) is 5.32. The maximum atomic E-state index is 13.1. The molecule has 2 bridgehead atoms. The fraction of sp³-hybridized carbons (Fsp3) is 0.560. The van der Waals surface area contributed by atoms with E-state index in [2.05, 4.69) is 53.4 Å². The Morgan fingerprint density at radius 1 is 1.13 bits per heavy atom. The molecular formula is C25H34ClN3O2. The minimum Gasteiger partial charge on any atom is -0.478 e. The second-order valence-electron chi connectivity index (χ2n) is 9.72. The summed E-state index contributed by atoms with van der Waals surface area (Å²) in [5, 5.41) is 3.94. The van der Waals surface area contributed by atoms with Gasteiger partial charge in [-0.05, 0) is 89.8 Å². The van der Waals surface area contributed by atoms with Gasteiger partial charge in [-0.15, -0.1) is 0 Å². The van der Waals surface area contributed by atoms with E-state index >= 15 is 0 Å². The second-order valence-corrected chi connectivity index (χ2v) is 10.2. The molecule has 5 nitrogen and oxygen atoms in total. The molecule has 3 heterocycles. The van der Waals surface area contributed by atoms with Crippen molar-refractivity contribution in [2.24, 2.45) is 0 Å². The van der Waals surface area contributed by atoms with Crippen LogP contribution in [-0.4, -0.2) is 51.6 Å². The van der Waals surface area contributed by atoms with E-state index in [1.54, 1.807) is 24.3 Å². The van der Waals surface area contributed by atoms with Crippen molar-refractivity contribution in [1.29, 1.82) is 0 Å². The molecule has 168 valence electrons. The van der Waals surface area contributed by atoms with Crippen LogP contribution in [0.5, 0.6) is 5.75 Å². The molecule has 0 spiro atoms. The van der Waals surface area contributed by atoms with Gasteiger partial charge in [0, 0.05) is 35.4 Å². The number of ether oxygens (including phenoxy) is 1. The third-order valence-electron chi connectivity index (χ3n) is 6.72. The molecule has 2 saturated heterocycles. The van der Waals surface area contributed by atoms with E-state index in [-0.39, 0.29) is 11.9 Å². The molecule has 1 N–H and O–H groups in total. The summed E-state index contributed by atoms with van der Waals surface area (Å²) in [4.78, 5) is 18.2. The summed E-state index contributed by atoms with van der Waals surface area (Å²) in [5.74, 6) is 0.579. The van der Waals surface area contributed by atoms with Crippen molar-refractivity contribution >= 4 is 17.5 Å². The fourth-order valence-electron chi connectivity index (χ4n) is 5.20. The highest BCUT2D eigenvalue weighted by Gasteiger charge is 2.46. The Hall–Kier alpha value is -1.98. The number of fused-ring (bicyclic) bond motifs is 2. The lowest BCUT2D eigenvalue weighted by Gasteiger charge is -2.48. The third-order valence-corrected chi connectivity index (χ3v) is 6.97. The first-order valence-corrected chi connectivity index (χ1v) is 11.8. The lowest BCUT2D eigenvalue weighted by Crippen LogP contribution is -2.59. The average molecular weight is 444 g/mol. The van der Waals surface area contributed by atoms with Gasteiger partial charge >= 0.3 is 0 Å². The number of hydrogen-bond acceptors (Lipinski definition) is 4. The van der Waals surface area contributed by atoms with Gasteiger partial charge in [0.05, 0.1) is 0 Å². The highest BCUT2D eigenvalue weighted by atomic mass is 35.5. The predicted octanol–water partition coefficient (Wildman–Crippen LogP) is 4.73. The van der Waals surface area contributed by atoms with Crippen LogP contribution in [0.25, 0.3) is 0 Å². The first-order valence-electron chi connectivity index (χ1n) is 11.4. The standard InChI is InChI=1S/C25H34ClN3O2/c1-17(2)28-14-6-5-7-23(28)29-20-10-11-21(29)16-19(15-20)27-24(30)25(3,4)31-22-12-8-18(26)9-13-22/h5-9,12-14,17,19-21,23H,10-11,15-16H2,1-4H3,(H,27,30). The third kappa shape index (κ3) is 4.78. The van der Waals surface area contributed by atoms with Gasteiger partial charge in [0.1, 0.15) is 11.9 Å². The number of amides is 1. The number of nitrogens with zero attached hydrogens (tertiary/aromatic N) is 2. The van der Waals surface area contributed by atoms with Gasteiger partial charge in [0.25, 0.3) is 5.91 Å². The quantitative estimate of drug-likeness (QED) is 0.690. The summed E-state index contributed by atoms with van der Waals surface area (Å²) in [6, 6.07) is 8.75. The van der Waals surface area contributed by atoms with Crippen LogP contribution in [0.15, 0.2) is 48.7 Å². The van der Waals surface area contributed by atoms with Gasteiger partial charge in [-0.1, -0.05) is 17.7 Å². The minimum atomic E-state index is -0.949. The first kappa shape index (κ1) is 22.2. The molecule has 3 aliphatic rings. The summed E-state index contributed by atoms with van der Waals surface area (Å²) in [6.07, 6.45) is 13.5. The van der Waals surface area contributed by atoms with Crippen LogP contribution in [0.2, 0.25) is 5.02 Å². The van der Waals surface area contributed by atoms with E-state index in [0.717, 1.165) is 12.8 Å². The molecule has 2 fully saturated rings. The van der Waals surface area contributed by atoms with Gasteiger partial charge in [-0.2, -0.15) is 0 Å². The van der Waals surface area contributed by atoms with Crippen molar-refractivity contribution < 1.29 is 9.53 Å². The molecule has 3 aliphatic heterocycles. The molecule has 1 amide bonds. The Morgan fingerprint density at radius 3 is 2.39 bits per heavy atom. The maximum absolute atomic E-state index is 13.1. The van der Waals surface area contributed by atoms with Crippen LogP contribution in [-0.2, 0) is 4.79 Å². The van der Waals surface area contributed by atoms with Crippen molar-refractivity contribution in [3.05, 3.63) is 53.7 Å². The van der Waals surface area contributed by atoms with Crippen molar-refractivity contribution in [3.63, 3.8) is 0 Å². The van der Waals surface area contributed by atoms with E-state index in [1.807, 2.05) is 13.8 Å². The zero-order valence-electron chi connectivity index (χ0n) is 18.9. The SMILES string of the molecule is CC(C)N1C=CC=CC1N1C2CCC1CC(NC(=O)C(C)(C)Oc1ccc(Cl)cc1)C2. The highest BCUT2D eigenvalue weighted by molar-refractivity contribution is 6.30. The molecule has 4 rings (SSSR count). The molecule has 31 heavy (non-hydrogen) atoms. The largest absolute Gasteiger partial charge is 0.478 e. The number of allylic oxidation sites excluding steroid dienone is 2. The Labute approximate surface area is 191 Å². The lowest BCUT2D eigenvalue weighted by atomic mass is 9.95. The topological polar surface area (TPSA) is 44.8 Å². The monoisotopic (exact) mass is 443 g/mol. The van der Waals surface area contributed by atoms with E-state index in [1.165, 1.54) is 12.8 Å². The number of carbonyl (C=O) groups is 1. The molecule has 0 aliphatic carbocycles. The summed E-state index contributed by atoms with van der Waals surface area (Å²) in [7, 11) is 0. The molecule has 0 aromatic heterocycles.